The highest BCUT2D eigenvalue weighted by atomic mass is 16.5. The van der Waals surface area contributed by atoms with Gasteiger partial charge in [-0.3, -0.25) is 0 Å². The number of rotatable bonds is 1. The van der Waals surface area contributed by atoms with Crippen molar-refractivity contribution in [3.05, 3.63) is 35.5 Å². The summed E-state index contributed by atoms with van der Waals surface area (Å²) in [6, 6.07) is 6.90. The summed E-state index contributed by atoms with van der Waals surface area (Å²) < 4.78 is 7.04. The van der Waals surface area contributed by atoms with E-state index in [-0.39, 0.29) is 5.75 Å². The van der Waals surface area contributed by atoms with Gasteiger partial charge in [0.05, 0.1) is 24.6 Å². The molecular formula is C11H11N3O2. The second-order valence-corrected chi connectivity index (χ2v) is 3.73. The Bertz CT molecular complexity index is 548. The summed E-state index contributed by atoms with van der Waals surface area (Å²) in [6.07, 6.45) is 0. The summed E-state index contributed by atoms with van der Waals surface area (Å²) in [4.78, 5) is 0. The summed E-state index contributed by atoms with van der Waals surface area (Å²) in [5.41, 5.74) is 8.49. The number of hydrogen-bond donors (Lipinski definition) is 2. The highest BCUT2D eigenvalue weighted by Gasteiger charge is 2.22. The minimum Gasteiger partial charge on any atom is -0.508 e. The average Bonchev–Trinajstić information content (AvgIpc) is 2.83. The Morgan fingerprint density at radius 1 is 1.38 bits per heavy atom. The molecule has 1 aliphatic heterocycles. The van der Waals surface area contributed by atoms with Gasteiger partial charge in [0.15, 0.2) is 5.82 Å². The van der Waals surface area contributed by atoms with Gasteiger partial charge in [0.2, 0.25) is 0 Å². The number of aromatic hydroxyl groups is 1. The van der Waals surface area contributed by atoms with Crippen LogP contribution in [0, 0.1) is 0 Å². The zero-order valence-corrected chi connectivity index (χ0v) is 8.55. The predicted octanol–water partition coefficient (Wildman–Crippen LogP) is 1.19. The zero-order valence-electron chi connectivity index (χ0n) is 8.55. The fourth-order valence-corrected chi connectivity index (χ4v) is 1.90. The highest BCUT2D eigenvalue weighted by molar-refractivity contribution is 5.49. The van der Waals surface area contributed by atoms with Crippen molar-refractivity contribution in [2.24, 2.45) is 0 Å². The lowest BCUT2D eigenvalue weighted by Crippen LogP contribution is -2.01. The Morgan fingerprint density at radius 2 is 2.25 bits per heavy atom. The van der Waals surface area contributed by atoms with Gasteiger partial charge in [0.25, 0.3) is 0 Å². The summed E-state index contributed by atoms with van der Waals surface area (Å²) in [6.45, 7) is 1.02. The van der Waals surface area contributed by atoms with Crippen LogP contribution in [0.3, 0.4) is 0 Å². The third-order valence-corrected chi connectivity index (χ3v) is 2.68. The number of anilines is 1. The van der Waals surface area contributed by atoms with Gasteiger partial charge in [-0.15, -0.1) is 5.10 Å². The molecule has 0 atom stereocenters. The first kappa shape index (κ1) is 9.23. The van der Waals surface area contributed by atoms with Crippen LogP contribution in [0.15, 0.2) is 24.3 Å². The van der Waals surface area contributed by atoms with E-state index in [4.69, 9.17) is 10.5 Å². The number of phenolic OH excluding ortho intramolecular Hbond substituents is 1. The number of nitrogen functional groups attached to an aromatic ring is 1. The Labute approximate surface area is 92.1 Å². The highest BCUT2D eigenvalue weighted by Crippen LogP contribution is 2.28. The lowest BCUT2D eigenvalue weighted by Gasteiger charge is -2.04. The van der Waals surface area contributed by atoms with Crippen molar-refractivity contribution in [2.45, 2.75) is 13.2 Å². The van der Waals surface area contributed by atoms with Crippen LogP contribution >= 0.6 is 0 Å². The van der Waals surface area contributed by atoms with Crippen LogP contribution < -0.4 is 5.73 Å². The average molecular weight is 217 g/mol. The van der Waals surface area contributed by atoms with Crippen molar-refractivity contribution in [2.75, 3.05) is 5.73 Å². The van der Waals surface area contributed by atoms with Gasteiger partial charge in [-0.1, -0.05) is 6.07 Å². The topological polar surface area (TPSA) is 73.3 Å². The third kappa shape index (κ3) is 1.25. The molecule has 5 heteroatoms. The maximum Gasteiger partial charge on any atom is 0.151 e. The summed E-state index contributed by atoms with van der Waals surface area (Å²) in [5, 5.41) is 13.7. The predicted molar refractivity (Wildman–Crippen MR) is 58.1 cm³/mol. The van der Waals surface area contributed by atoms with E-state index in [2.05, 4.69) is 5.10 Å². The van der Waals surface area contributed by atoms with E-state index in [1.807, 2.05) is 6.07 Å². The largest absolute Gasteiger partial charge is 0.508 e. The molecule has 82 valence electrons. The minimum absolute atomic E-state index is 0.208. The molecule has 0 saturated carbocycles. The molecular weight excluding hydrogens is 206 g/mol. The second kappa shape index (κ2) is 3.24. The number of aromatic nitrogens is 2. The van der Waals surface area contributed by atoms with E-state index in [1.165, 1.54) is 0 Å². The monoisotopic (exact) mass is 217 g/mol. The summed E-state index contributed by atoms with van der Waals surface area (Å²) in [5.74, 6) is 0.704. The molecule has 5 nitrogen and oxygen atoms in total. The molecule has 0 radical (unpaired) electrons. The maximum atomic E-state index is 9.43. The smallest absolute Gasteiger partial charge is 0.151 e. The van der Waals surface area contributed by atoms with Crippen molar-refractivity contribution in [3.63, 3.8) is 0 Å². The van der Waals surface area contributed by atoms with E-state index in [0.29, 0.717) is 19.0 Å². The number of fused-ring (bicyclic) bond motifs is 1. The summed E-state index contributed by atoms with van der Waals surface area (Å²) >= 11 is 0. The number of nitrogens with two attached hydrogens (primary N) is 1. The Kier molecular flexibility index (Phi) is 1.87. The summed E-state index contributed by atoms with van der Waals surface area (Å²) in [7, 11) is 0. The van der Waals surface area contributed by atoms with Gasteiger partial charge < -0.3 is 15.6 Å². The molecule has 1 aliphatic rings. The molecule has 0 saturated heterocycles. The van der Waals surface area contributed by atoms with E-state index in [9.17, 15) is 5.11 Å². The number of benzene rings is 1. The maximum absolute atomic E-state index is 9.43. The molecule has 1 aromatic carbocycles. The van der Waals surface area contributed by atoms with Gasteiger partial charge in [-0.25, -0.2) is 4.68 Å². The van der Waals surface area contributed by atoms with Crippen LogP contribution in [-0.4, -0.2) is 14.9 Å². The van der Waals surface area contributed by atoms with Crippen molar-refractivity contribution in [3.8, 4) is 11.4 Å². The lowest BCUT2D eigenvalue weighted by molar-refractivity contribution is 0.131. The number of phenols is 1. The lowest BCUT2D eigenvalue weighted by atomic mass is 10.2. The molecule has 3 rings (SSSR count). The second-order valence-electron chi connectivity index (χ2n) is 3.73. The SMILES string of the molecule is Nc1nn(-c2cccc(O)c2)c2c1COC2. The van der Waals surface area contributed by atoms with Crippen LogP contribution in [0.1, 0.15) is 11.3 Å². The van der Waals surface area contributed by atoms with E-state index >= 15 is 0 Å². The van der Waals surface area contributed by atoms with Gasteiger partial charge >= 0.3 is 0 Å². The Morgan fingerprint density at radius 3 is 3.06 bits per heavy atom. The number of nitrogens with zero attached hydrogens (tertiary/aromatic N) is 2. The molecule has 0 unspecified atom stereocenters. The van der Waals surface area contributed by atoms with E-state index in [1.54, 1.807) is 22.9 Å². The molecule has 0 amide bonds. The quantitative estimate of drug-likeness (QED) is 0.752. The standard InChI is InChI=1S/C11H11N3O2/c12-11-9-5-16-6-10(9)14(13-11)7-2-1-3-8(15)4-7/h1-4,15H,5-6H2,(H2,12,13). The van der Waals surface area contributed by atoms with Crippen LogP contribution in [0.4, 0.5) is 5.82 Å². The molecule has 3 N–H and O–H groups in total. The van der Waals surface area contributed by atoms with E-state index in [0.717, 1.165) is 16.9 Å². The number of hydrogen-bond acceptors (Lipinski definition) is 4. The third-order valence-electron chi connectivity index (χ3n) is 2.68. The van der Waals surface area contributed by atoms with Crippen LogP contribution in [-0.2, 0) is 18.0 Å². The van der Waals surface area contributed by atoms with Crippen LogP contribution in [0.5, 0.6) is 5.75 Å². The zero-order chi connectivity index (χ0) is 11.1. The molecule has 0 bridgehead atoms. The van der Waals surface area contributed by atoms with Gasteiger partial charge in [-0.05, 0) is 12.1 Å². The van der Waals surface area contributed by atoms with Crippen molar-refractivity contribution in [1.29, 1.82) is 0 Å². The molecule has 0 spiro atoms. The van der Waals surface area contributed by atoms with Gasteiger partial charge in [-0.2, -0.15) is 0 Å². The minimum atomic E-state index is 0.208. The van der Waals surface area contributed by atoms with Crippen LogP contribution in [0.2, 0.25) is 0 Å². The Hall–Kier alpha value is -2.01. The first-order valence-corrected chi connectivity index (χ1v) is 4.99. The molecule has 2 heterocycles. The first-order valence-electron chi connectivity index (χ1n) is 4.99. The fraction of sp³-hybridized carbons (Fsp3) is 0.182. The molecule has 16 heavy (non-hydrogen) atoms. The molecule has 2 aromatic rings. The van der Waals surface area contributed by atoms with Gasteiger partial charge in [0.1, 0.15) is 5.75 Å². The Balaban J connectivity index is 2.17. The van der Waals surface area contributed by atoms with Crippen molar-refractivity contribution >= 4 is 5.82 Å². The van der Waals surface area contributed by atoms with E-state index < -0.39 is 0 Å². The molecule has 0 fully saturated rings. The number of ether oxygens (including phenoxy) is 1. The molecule has 1 aromatic heterocycles. The van der Waals surface area contributed by atoms with Crippen molar-refractivity contribution < 1.29 is 9.84 Å². The first-order chi connectivity index (χ1) is 7.75. The van der Waals surface area contributed by atoms with Crippen LogP contribution in [0.25, 0.3) is 5.69 Å². The molecule has 0 aliphatic carbocycles. The fourth-order valence-electron chi connectivity index (χ4n) is 1.90. The van der Waals surface area contributed by atoms with Crippen molar-refractivity contribution in [1.82, 2.24) is 9.78 Å². The normalized spacial score (nSPS) is 14.0. The van der Waals surface area contributed by atoms with Gasteiger partial charge in [0, 0.05) is 11.6 Å².